The summed E-state index contributed by atoms with van der Waals surface area (Å²) in [5.41, 5.74) is 0. The predicted molar refractivity (Wildman–Crippen MR) is 88.8 cm³/mol. The van der Waals surface area contributed by atoms with Crippen molar-refractivity contribution in [2.24, 2.45) is 0 Å². The van der Waals surface area contributed by atoms with Crippen molar-refractivity contribution in [1.82, 2.24) is 20.1 Å². The van der Waals surface area contributed by atoms with Gasteiger partial charge in [0.1, 0.15) is 5.82 Å². The molecule has 0 saturated carbocycles. The summed E-state index contributed by atoms with van der Waals surface area (Å²) in [6.07, 6.45) is 3.93. The van der Waals surface area contributed by atoms with E-state index in [1.54, 1.807) is 6.20 Å². The third kappa shape index (κ3) is 3.60. The summed E-state index contributed by atoms with van der Waals surface area (Å²) in [6, 6.07) is 1.89. The first kappa shape index (κ1) is 15.7. The van der Waals surface area contributed by atoms with Gasteiger partial charge in [0.25, 0.3) is 0 Å². The average Bonchev–Trinajstić information content (AvgIpc) is 3.06. The van der Waals surface area contributed by atoms with Crippen LogP contribution in [0.25, 0.3) is 0 Å². The Labute approximate surface area is 136 Å². The number of hydrogen-bond acceptors (Lipinski definition) is 7. The van der Waals surface area contributed by atoms with Crippen molar-refractivity contribution in [1.29, 1.82) is 0 Å². The van der Waals surface area contributed by atoms with Crippen molar-refractivity contribution in [3.63, 3.8) is 0 Å². The SMILES string of the molecule is CCNc1ccnc(N2CCCC(c3nc(C(C)C)no3)C2)n1. The second kappa shape index (κ2) is 6.93. The summed E-state index contributed by atoms with van der Waals surface area (Å²) < 4.78 is 5.47. The van der Waals surface area contributed by atoms with Gasteiger partial charge in [0.15, 0.2) is 5.82 Å². The van der Waals surface area contributed by atoms with Crippen molar-refractivity contribution in [3.8, 4) is 0 Å². The van der Waals surface area contributed by atoms with Crippen LogP contribution in [-0.4, -0.2) is 39.7 Å². The van der Waals surface area contributed by atoms with E-state index in [1.807, 2.05) is 6.07 Å². The van der Waals surface area contributed by atoms with Crippen molar-refractivity contribution < 1.29 is 4.52 Å². The molecule has 3 rings (SSSR count). The van der Waals surface area contributed by atoms with E-state index in [4.69, 9.17) is 4.52 Å². The molecule has 124 valence electrons. The van der Waals surface area contributed by atoms with E-state index in [0.717, 1.165) is 56.0 Å². The van der Waals surface area contributed by atoms with Crippen LogP contribution < -0.4 is 10.2 Å². The van der Waals surface area contributed by atoms with Gasteiger partial charge in [-0.05, 0) is 25.8 Å². The Morgan fingerprint density at radius 1 is 1.39 bits per heavy atom. The Morgan fingerprint density at radius 2 is 2.26 bits per heavy atom. The molecule has 0 amide bonds. The average molecular weight is 316 g/mol. The van der Waals surface area contributed by atoms with E-state index in [1.165, 1.54) is 0 Å². The van der Waals surface area contributed by atoms with E-state index in [9.17, 15) is 0 Å². The van der Waals surface area contributed by atoms with Crippen LogP contribution in [-0.2, 0) is 0 Å². The van der Waals surface area contributed by atoms with Gasteiger partial charge in [-0.15, -0.1) is 0 Å². The fourth-order valence-corrected chi connectivity index (χ4v) is 2.79. The summed E-state index contributed by atoms with van der Waals surface area (Å²) >= 11 is 0. The Morgan fingerprint density at radius 3 is 3.00 bits per heavy atom. The molecule has 3 heterocycles. The highest BCUT2D eigenvalue weighted by atomic mass is 16.5. The smallest absolute Gasteiger partial charge is 0.231 e. The molecule has 1 fully saturated rings. The molecule has 1 aliphatic rings. The van der Waals surface area contributed by atoms with Crippen LogP contribution in [0.1, 0.15) is 57.2 Å². The number of nitrogens with one attached hydrogen (secondary N) is 1. The fourth-order valence-electron chi connectivity index (χ4n) is 2.79. The number of anilines is 2. The van der Waals surface area contributed by atoms with E-state index in [-0.39, 0.29) is 11.8 Å². The number of aromatic nitrogens is 4. The molecule has 7 heteroatoms. The maximum absolute atomic E-state index is 5.47. The highest BCUT2D eigenvalue weighted by molar-refractivity contribution is 5.41. The lowest BCUT2D eigenvalue weighted by Crippen LogP contribution is -2.35. The van der Waals surface area contributed by atoms with Gasteiger partial charge in [-0.25, -0.2) is 4.98 Å². The van der Waals surface area contributed by atoms with Crippen molar-refractivity contribution in [3.05, 3.63) is 24.0 Å². The van der Waals surface area contributed by atoms with E-state index in [2.05, 4.69) is 51.1 Å². The van der Waals surface area contributed by atoms with Gasteiger partial charge in [0.2, 0.25) is 11.8 Å². The normalized spacial score (nSPS) is 18.4. The Balaban J connectivity index is 1.73. The summed E-state index contributed by atoms with van der Waals surface area (Å²) in [7, 11) is 0. The van der Waals surface area contributed by atoms with Crippen molar-refractivity contribution in [2.75, 3.05) is 29.9 Å². The monoisotopic (exact) mass is 316 g/mol. The zero-order chi connectivity index (χ0) is 16.2. The number of piperidine rings is 1. The lowest BCUT2D eigenvalue weighted by atomic mass is 9.98. The molecule has 1 N–H and O–H groups in total. The van der Waals surface area contributed by atoms with Crippen LogP contribution >= 0.6 is 0 Å². The minimum absolute atomic E-state index is 0.246. The molecule has 2 aromatic rings. The Hall–Kier alpha value is -2.18. The van der Waals surface area contributed by atoms with Crippen LogP contribution in [0, 0.1) is 0 Å². The highest BCUT2D eigenvalue weighted by Gasteiger charge is 2.27. The second-order valence-electron chi connectivity index (χ2n) is 6.20. The summed E-state index contributed by atoms with van der Waals surface area (Å²) in [6.45, 7) is 8.82. The molecule has 1 saturated heterocycles. The van der Waals surface area contributed by atoms with E-state index in [0.29, 0.717) is 0 Å². The molecular formula is C16H24N6O. The molecule has 2 aromatic heterocycles. The minimum atomic E-state index is 0.246. The first-order valence-corrected chi connectivity index (χ1v) is 8.32. The van der Waals surface area contributed by atoms with Gasteiger partial charge in [0, 0.05) is 31.7 Å². The van der Waals surface area contributed by atoms with Crippen LogP contribution in [0.5, 0.6) is 0 Å². The third-order valence-corrected chi connectivity index (χ3v) is 4.03. The van der Waals surface area contributed by atoms with Crippen molar-refractivity contribution >= 4 is 11.8 Å². The maximum Gasteiger partial charge on any atom is 0.231 e. The molecular weight excluding hydrogens is 292 g/mol. The van der Waals surface area contributed by atoms with E-state index >= 15 is 0 Å². The van der Waals surface area contributed by atoms with Gasteiger partial charge in [-0.1, -0.05) is 19.0 Å². The van der Waals surface area contributed by atoms with E-state index < -0.39 is 0 Å². The molecule has 7 nitrogen and oxygen atoms in total. The number of nitrogens with zero attached hydrogens (tertiary/aromatic N) is 5. The lowest BCUT2D eigenvalue weighted by Gasteiger charge is -2.31. The summed E-state index contributed by atoms with van der Waals surface area (Å²) in [5, 5.41) is 7.31. The second-order valence-corrected chi connectivity index (χ2v) is 6.20. The largest absolute Gasteiger partial charge is 0.370 e. The number of hydrogen-bond donors (Lipinski definition) is 1. The third-order valence-electron chi connectivity index (χ3n) is 4.03. The molecule has 1 aliphatic heterocycles. The van der Waals surface area contributed by atoms with Gasteiger partial charge in [0.05, 0.1) is 5.92 Å². The molecule has 0 aliphatic carbocycles. The molecule has 23 heavy (non-hydrogen) atoms. The van der Waals surface area contributed by atoms with Gasteiger partial charge >= 0.3 is 0 Å². The molecule has 1 atom stereocenters. The molecule has 0 radical (unpaired) electrons. The molecule has 0 bridgehead atoms. The lowest BCUT2D eigenvalue weighted by molar-refractivity contribution is 0.329. The maximum atomic E-state index is 5.47. The quantitative estimate of drug-likeness (QED) is 0.908. The Bertz CT molecular complexity index is 641. The first-order chi connectivity index (χ1) is 11.2. The van der Waals surface area contributed by atoms with Gasteiger partial charge in [-0.2, -0.15) is 9.97 Å². The summed E-state index contributed by atoms with van der Waals surface area (Å²) in [4.78, 5) is 15.8. The molecule has 0 aromatic carbocycles. The standard InChI is InChI=1S/C16H24N6O/c1-4-17-13-7-8-18-16(19-13)22-9-5-6-12(10-22)15-20-14(11(2)3)21-23-15/h7-8,11-12H,4-6,9-10H2,1-3H3,(H,17,18,19). The molecule has 1 unspecified atom stereocenters. The van der Waals surface area contributed by atoms with Crippen LogP contribution in [0.2, 0.25) is 0 Å². The Kier molecular flexibility index (Phi) is 4.73. The predicted octanol–water partition coefficient (Wildman–Crippen LogP) is 2.80. The van der Waals surface area contributed by atoms with Gasteiger partial charge in [-0.3, -0.25) is 0 Å². The van der Waals surface area contributed by atoms with Crippen molar-refractivity contribution in [2.45, 2.75) is 45.4 Å². The highest BCUT2D eigenvalue weighted by Crippen LogP contribution is 2.28. The minimum Gasteiger partial charge on any atom is -0.370 e. The topological polar surface area (TPSA) is 80.0 Å². The zero-order valence-corrected chi connectivity index (χ0v) is 14.0. The first-order valence-electron chi connectivity index (χ1n) is 8.32. The van der Waals surface area contributed by atoms with Gasteiger partial charge < -0.3 is 14.7 Å². The number of rotatable bonds is 5. The molecule has 0 spiro atoms. The van der Waals surface area contributed by atoms with Crippen LogP contribution in [0.4, 0.5) is 11.8 Å². The van der Waals surface area contributed by atoms with Crippen LogP contribution in [0.15, 0.2) is 16.8 Å². The fraction of sp³-hybridized carbons (Fsp3) is 0.625. The zero-order valence-electron chi connectivity index (χ0n) is 14.0. The summed E-state index contributed by atoms with van der Waals surface area (Å²) in [5.74, 6) is 3.67. The van der Waals surface area contributed by atoms with Crippen LogP contribution in [0.3, 0.4) is 0 Å².